The van der Waals surface area contributed by atoms with E-state index in [2.05, 4.69) is 15.6 Å². The molecule has 0 saturated heterocycles. The number of amides is 2. The third kappa shape index (κ3) is 4.97. The number of carbonyl (C=O) groups is 1. The minimum atomic E-state index is -0.379. The van der Waals surface area contributed by atoms with Crippen LogP contribution in [-0.4, -0.2) is 42.4 Å². The van der Waals surface area contributed by atoms with Gasteiger partial charge in [-0.3, -0.25) is 0 Å². The lowest BCUT2D eigenvalue weighted by molar-refractivity contribution is 0.200. The van der Waals surface area contributed by atoms with Gasteiger partial charge in [0.15, 0.2) is 5.13 Å². The van der Waals surface area contributed by atoms with Crippen molar-refractivity contribution in [3.63, 3.8) is 0 Å². The minimum absolute atomic E-state index is 0.0584. The molecule has 0 saturated carbocycles. The Morgan fingerprint density at radius 1 is 1.55 bits per heavy atom. The van der Waals surface area contributed by atoms with Crippen molar-refractivity contribution in [1.82, 2.24) is 15.6 Å². The van der Waals surface area contributed by atoms with Crippen LogP contribution >= 0.6 is 11.3 Å². The molecule has 0 bridgehead atoms. The van der Waals surface area contributed by atoms with Gasteiger partial charge in [0.25, 0.3) is 0 Å². The highest BCUT2D eigenvalue weighted by molar-refractivity contribution is 7.13. The molecule has 0 aliphatic heterocycles. The quantitative estimate of drug-likeness (QED) is 0.714. The number of anilines is 1. The molecule has 7 heteroatoms. The summed E-state index contributed by atoms with van der Waals surface area (Å²) in [5.74, 6) is 0. The molecule has 2 amide bonds. The summed E-state index contributed by atoms with van der Waals surface area (Å²) in [6, 6.07) is -0.234. The van der Waals surface area contributed by atoms with Gasteiger partial charge in [-0.2, -0.15) is 0 Å². The number of aromatic nitrogens is 1. The Bertz CT molecular complexity index is 436. The van der Waals surface area contributed by atoms with Gasteiger partial charge in [0.05, 0.1) is 12.2 Å². The van der Waals surface area contributed by atoms with Gasteiger partial charge in [-0.05, 0) is 19.8 Å². The number of rotatable bonds is 7. The first-order chi connectivity index (χ1) is 9.40. The lowest BCUT2D eigenvalue weighted by Gasteiger charge is -2.28. The van der Waals surface area contributed by atoms with Crippen molar-refractivity contribution in [2.24, 2.45) is 0 Å². The maximum Gasteiger partial charge on any atom is 0.315 e. The van der Waals surface area contributed by atoms with Crippen LogP contribution in [0, 0.1) is 0 Å². The predicted octanol–water partition coefficient (Wildman–Crippen LogP) is 1.56. The summed E-state index contributed by atoms with van der Waals surface area (Å²) in [6.45, 7) is 4.37. The van der Waals surface area contributed by atoms with Crippen LogP contribution in [-0.2, 0) is 6.54 Å². The van der Waals surface area contributed by atoms with Crippen LogP contribution in [0.3, 0.4) is 0 Å². The number of carbonyl (C=O) groups excluding carboxylic acids is 1. The fourth-order valence-corrected chi connectivity index (χ4v) is 2.40. The largest absolute Gasteiger partial charge is 0.396 e. The Balaban J connectivity index is 2.46. The van der Waals surface area contributed by atoms with Crippen LogP contribution in [0.2, 0.25) is 0 Å². The van der Waals surface area contributed by atoms with E-state index in [0.717, 1.165) is 17.2 Å². The lowest BCUT2D eigenvalue weighted by atomic mass is 9.95. The molecule has 0 aliphatic carbocycles. The van der Waals surface area contributed by atoms with Crippen molar-refractivity contribution in [3.8, 4) is 0 Å². The second kappa shape index (κ2) is 7.44. The fraction of sp³-hybridized carbons (Fsp3) is 0.692. The molecule has 1 heterocycles. The summed E-state index contributed by atoms with van der Waals surface area (Å²) in [7, 11) is 3.87. The van der Waals surface area contributed by atoms with Crippen LogP contribution in [0.5, 0.6) is 0 Å². The standard InChI is InChI=1S/C13H24N4O2S/c1-5-13(2,6-7-18)16-11(19)14-8-10-9-20-12(15-10)17(3)4/h9,18H,5-8H2,1-4H3,(H2,14,16,19). The Morgan fingerprint density at radius 2 is 2.25 bits per heavy atom. The molecule has 1 aromatic rings. The molecule has 1 atom stereocenters. The Kier molecular flexibility index (Phi) is 6.22. The van der Waals surface area contributed by atoms with Gasteiger partial charge in [0, 0.05) is 31.6 Å². The van der Waals surface area contributed by atoms with Gasteiger partial charge in [-0.25, -0.2) is 9.78 Å². The summed E-state index contributed by atoms with van der Waals surface area (Å²) >= 11 is 1.55. The monoisotopic (exact) mass is 300 g/mol. The van der Waals surface area contributed by atoms with E-state index in [1.165, 1.54) is 0 Å². The van der Waals surface area contributed by atoms with E-state index in [9.17, 15) is 4.79 Å². The van der Waals surface area contributed by atoms with Crippen molar-refractivity contribution in [2.45, 2.75) is 38.8 Å². The number of nitrogens with zero attached hydrogens (tertiary/aromatic N) is 2. The predicted molar refractivity (Wildman–Crippen MR) is 82.2 cm³/mol. The van der Waals surface area contributed by atoms with E-state index < -0.39 is 0 Å². The van der Waals surface area contributed by atoms with Crippen LogP contribution in [0.15, 0.2) is 5.38 Å². The first kappa shape index (κ1) is 16.7. The molecule has 1 unspecified atom stereocenters. The van der Waals surface area contributed by atoms with E-state index in [-0.39, 0.29) is 18.2 Å². The minimum Gasteiger partial charge on any atom is -0.396 e. The molecule has 20 heavy (non-hydrogen) atoms. The third-order valence-electron chi connectivity index (χ3n) is 3.21. The van der Waals surface area contributed by atoms with E-state index in [1.807, 2.05) is 38.2 Å². The highest BCUT2D eigenvalue weighted by atomic mass is 32.1. The molecule has 114 valence electrons. The maximum absolute atomic E-state index is 11.9. The smallest absolute Gasteiger partial charge is 0.315 e. The molecular formula is C13H24N4O2S. The van der Waals surface area contributed by atoms with Crippen molar-refractivity contribution in [3.05, 3.63) is 11.1 Å². The maximum atomic E-state index is 11.9. The first-order valence-electron chi connectivity index (χ1n) is 6.69. The molecule has 1 rings (SSSR count). The lowest BCUT2D eigenvalue weighted by Crippen LogP contribution is -2.50. The zero-order valence-electron chi connectivity index (χ0n) is 12.6. The molecule has 0 radical (unpaired) electrons. The molecule has 0 spiro atoms. The Labute approximate surface area is 124 Å². The topological polar surface area (TPSA) is 77.5 Å². The Hall–Kier alpha value is -1.34. The van der Waals surface area contributed by atoms with Crippen LogP contribution in [0.1, 0.15) is 32.4 Å². The summed E-state index contributed by atoms with van der Waals surface area (Å²) in [6.07, 6.45) is 1.31. The van der Waals surface area contributed by atoms with Crippen LogP contribution in [0.4, 0.5) is 9.93 Å². The highest BCUT2D eigenvalue weighted by Crippen LogP contribution is 2.17. The number of urea groups is 1. The average molecular weight is 300 g/mol. The molecule has 0 aromatic carbocycles. The number of hydrogen-bond acceptors (Lipinski definition) is 5. The molecule has 3 N–H and O–H groups in total. The van der Waals surface area contributed by atoms with Gasteiger partial charge >= 0.3 is 6.03 Å². The van der Waals surface area contributed by atoms with Crippen molar-refractivity contribution >= 4 is 22.5 Å². The van der Waals surface area contributed by atoms with E-state index in [0.29, 0.717) is 13.0 Å². The summed E-state index contributed by atoms with van der Waals surface area (Å²) in [5.41, 5.74) is 0.463. The second-order valence-electron chi connectivity index (χ2n) is 5.21. The number of aliphatic hydroxyl groups excluding tert-OH is 1. The van der Waals surface area contributed by atoms with Crippen molar-refractivity contribution in [1.29, 1.82) is 0 Å². The number of thiazole rings is 1. The fourth-order valence-electron chi connectivity index (χ4n) is 1.65. The zero-order chi connectivity index (χ0) is 15.2. The van der Waals surface area contributed by atoms with E-state index in [4.69, 9.17) is 5.11 Å². The van der Waals surface area contributed by atoms with Crippen LogP contribution < -0.4 is 15.5 Å². The molecule has 6 nitrogen and oxygen atoms in total. The SMILES string of the molecule is CCC(C)(CCO)NC(=O)NCc1csc(N(C)C)n1. The van der Waals surface area contributed by atoms with Crippen molar-refractivity contribution < 1.29 is 9.90 Å². The molecule has 1 aromatic heterocycles. The second-order valence-corrected chi connectivity index (χ2v) is 6.05. The third-order valence-corrected chi connectivity index (χ3v) is 4.27. The zero-order valence-corrected chi connectivity index (χ0v) is 13.4. The number of nitrogens with one attached hydrogen (secondary N) is 2. The number of hydrogen-bond donors (Lipinski definition) is 3. The first-order valence-corrected chi connectivity index (χ1v) is 7.57. The number of aliphatic hydroxyl groups is 1. The summed E-state index contributed by atoms with van der Waals surface area (Å²) in [5, 5.41) is 17.6. The normalized spacial score (nSPS) is 13.7. The van der Waals surface area contributed by atoms with Gasteiger partial charge in [0.2, 0.25) is 0 Å². The molecule has 0 fully saturated rings. The highest BCUT2D eigenvalue weighted by Gasteiger charge is 2.23. The van der Waals surface area contributed by atoms with Gasteiger partial charge in [-0.1, -0.05) is 6.92 Å². The van der Waals surface area contributed by atoms with Gasteiger partial charge in [0.1, 0.15) is 0 Å². The van der Waals surface area contributed by atoms with E-state index in [1.54, 1.807) is 11.3 Å². The van der Waals surface area contributed by atoms with Crippen LogP contribution in [0.25, 0.3) is 0 Å². The summed E-state index contributed by atoms with van der Waals surface area (Å²) in [4.78, 5) is 18.2. The average Bonchev–Trinajstić information content (AvgIpc) is 2.85. The van der Waals surface area contributed by atoms with E-state index >= 15 is 0 Å². The molecular weight excluding hydrogens is 276 g/mol. The van der Waals surface area contributed by atoms with Gasteiger partial charge in [-0.15, -0.1) is 11.3 Å². The van der Waals surface area contributed by atoms with Gasteiger partial charge < -0.3 is 20.6 Å². The summed E-state index contributed by atoms with van der Waals surface area (Å²) < 4.78 is 0. The molecule has 0 aliphatic rings. The van der Waals surface area contributed by atoms with Crippen molar-refractivity contribution in [2.75, 3.05) is 25.6 Å². The Morgan fingerprint density at radius 3 is 2.75 bits per heavy atom.